The highest BCUT2D eigenvalue weighted by molar-refractivity contribution is 6.00. The second kappa shape index (κ2) is 8.06. The van der Waals surface area contributed by atoms with Crippen LogP contribution in [0.5, 0.6) is 0 Å². The zero-order valence-electron chi connectivity index (χ0n) is 17.3. The van der Waals surface area contributed by atoms with Crippen LogP contribution >= 0.6 is 0 Å². The minimum absolute atomic E-state index is 0.0356. The SMILES string of the molecule is Cc1ccc(N[C@@H]2CC3CC[C@@H]2N(C(=O)c2cccc(F)c2-c2ncccn2)C3)nc1. The third-order valence-electron chi connectivity index (χ3n) is 6.32. The molecule has 2 aromatic heterocycles. The summed E-state index contributed by atoms with van der Waals surface area (Å²) in [5.41, 5.74) is 1.58. The predicted molar refractivity (Wildman–Crippen MR) is 116 cm³/mol. The van der Waals surface area contributed by atoms with Gasteiger partial charge in [-0.1, -0.05) is 12.1 Å². The molecule has 0 radical (unpaired) electrons. The average Bonchev–Trinajstić information content (AvgIpc) is 2.81. The van der Waals surface area contributed by atoms with Crippen LogP contribution in [-0.2, 0) is 0 Å². The number of hydrogen-bond acceptors (Lipinski definition) is 5. The number of nitrogens with one attached hydrogen (secondary N) is 1. The van der Waals surface area contributed by atoms with Crippen molar-refractivity contribution in [3.63, 3.8) is 0 Å². The third kappa shape index (κ3) is 3.76. The van der Waals surface area contributed by atoms with Gasteiger partial charge in [-0.25, -0.2) is 19.3 Å². The maximum absolute atomic E-state index is 14.8. The van der Waals surface area contributed by atoms with Crippen LogP contribution in [0.1, 0.15) is 35.2 Å². The quantitative estimate of drug-likeness (QED) is 0.692. The van der Waals surface area contributed by atoms with Crippen LogP contribution < -0.4 is 5.32 Å². The Hall–Kier alpha value is -3.35. The smallest absolute Gasteiger partial charge is 0.255 e. The molecule has 3 fully saturated rings. The van der Waals surface area contributed by atoms with Crippen LogP contribution in [0.2, 0.25) is 0 Å². The Morgan fingerprint density at radius 3 is 2.68 bits per heavy atom. The molecule has 6 nitrogen and oxygen atoms in total. The van der Waals surface area contributed by atoms with Gasteiger partial charge in [0, 0.05) is 31.2 Å². The van der Waals surface area contributed by atoms with Crippen LogP contribution in [-0.4, -0.2) is 44.4 Å². The molecule has 3 aliphatic rings. The first-order chi connectivity index (χ1) is 15.1. The van der Waals surface area contributed by atoms with Crippen LogP contribution in [0.15, 0.2) is 55.0 Å². The van der Waals surface area contributed by atoms with E-state index in [1.807, 2.05) is 30.2 Å². The first-order valence-corrected chi connectivity index (χ1v) is 10.7. The molecule has 1 unspecified atom stereocenters. The predicted octanol–water partition coefficient (Wildman–Crippen LogP) is 4.09. The van der Waals surface area contributed by atoms with Gasteiger partial charge in [0.1, 0.15) is 11.6 Å². The molecular formula is C24H24FN5O. The number of carbonyl (C=O) groups excluding carboxylic acids is 1. The van der Waals surface area contributed by atoms with Gasteiger partial charge >= 0.3 is 0 Å². The molecule has 3 aromatic rings. The van der Waals surface area contributed by atoms with Crippen molar-refractivity contribution in [2.75, 3.05) is 11.9 Å². The highest BCUT2D eigenvalue weighted by atomic mass is 19.1. The fourth-order valence-electron chi connectivity index (χ4n) is 4.84. The van der Waals surface area contributed by atoms with E-state index in [4.69, 9.17) is 0 Å². The Bertz CT molecular complexity index is 1090. The Kier molecular flexibility index (Phi) is 5.10. The van der Waals surface area contributed by atoms with Crippen LogP contribution in [0.3, 0.4) is 0 Å². The number of aromatic nitrogens is 3. The molecule has 1 aliphatic carbocycles. The summed E-state index contributed by atoms with van der Waals surface area (Å²) in [7, 11) is 0. The van der Waals surface area contributed by atoms with Crippen molar-refractivity contribution >= 4 is 11.7 Å². The number of halogens is 1. The van der Waals surface area contributed by atoms with Crippen molar-refractivity contribution < 1.29 is 9.18 Å². The fourth-order valence-corrected chi connectivity index (χ4v) is 4.84. The minimum atomic E-state index is -0.488. The number of carbonyl (C=O) groups is 1. The van der Waals surface area contributed by atoms with Crippen LogP contribution in [0, 0.1) is 18.7 Å². The number of anilines is 1. The van der Waals surface area contributed by atoms with Crippen molar-refractivity contribution in [2.24, 2.45) is 5.92 Å². The van der Waals surface area contributed by atoms with Gasteiger partial charge in [0.25, 0.3) is 5.91 Å². The van der Waals surface area contributed by atoms with E-state index < -0.39 is 5.82 Å². The highest BCUT2D eigenvalue weighted by Gasteiger charge is 2.43. The van der Waals surface area contributed by atoms with E-state index in [1.54, 1.807) is 30.6 Å². The monoisotopic (exact) mass is 417 g/mol. The first kappa shape index (κ1) is 19.6. The second-order valence-corrected chi connectivity index (χ2v) is 8.41. The first-order valence-electron chi connectivity index (χ1n) is 10.7. The summed E-state index contributed by atoms with van der Waals surface area (Å²) >= 11 is 0. The molecule has 158 valence electrons. The normalized spacial score (nSPS) is 22.4. The zero-order chi connectivity index (χ0) is 21.4. The molecule has 2 bridgehead atoms. The summed E-state index contributed by atoms with van der Waals surface area (Å²) in [5, 5.41) is 3.53. The Labute approximate surface area is 180 Å². The number of hydrogen-bond donors (Lipinski definition) is 1. The van der Waals surface area contributed by atoms with E-state index in [2.05, 4.69) is 20.3 Å². The van der Waals surface area contributed by atoms with E-state index in [1.165, 1.54) is 6.07 Å². The van der Waals surface area contributed by atoms with Gasteiger partial charge in [0.2, 0.25) is 0 Å². The summed E-state index contributed by atoms with van der Waals surface area (Å²) in [5.74, 6) is 0.809. The zero-order valence-corrected chi connectivity index (χ0v) is 17.3. The summed E-state index contributed by atoms with van der Waals surface area (Å²) in [6, 6.07) is 10.4. The van der Waals surface area contributed by atoms with Gasteiger partial charge in [0.05, 0.1) is 17.2 Å². The van der Waals surface area contributed by atoms with Gasteiger partial charge in [-0.2, -0.15) is 0 Å². The van der Waals surface area contributed by atoms with Gasteiger partial charge in [-0.3, -0.25) is 4.79 Å². The fraction of sp³-hybridized carbons (Fsp3) is 0.333. The number of pyridine rings is 1. The van der Waals surface area contributed by atoms with Crippen molar-refractivity contribution in [1.82, 2.24) is 19.9 Å². The van der Waals surface area contributed by atoms with Gasteiger partial charge in [-0.15, -0.1) is 0 Å². The lowest BCUT2D eigenvalue weighted by atomic mass is 9.76. The van der Waals surface area contributed by atoms with Crippen LogP contribution in [0.4, 0.5) is 10.2 Å². The van der Waals surface area contributed by atoms with Gasteiger partial charge < -0.3 is 10.2 Å². The molecule has 7 heteroatoms. The summed E-state index contributed by atoms with van der Waals surface area (Å²) < 4.78 is 14.8. The van der Waals surface area contributed by atoms with E-state index >= 15 is 0 Å². The number of benzene rings is 1. The molecule has 6 rings (SSSR count). The topological polar surface area (TPSA) is 71.0 Å². The average molecular weight is 417 g/mol. The summed E-state index contributed by atoms with van der Waals surface area (Å²) in [6.45, 7) is 2.70. The molecule has 4 heterocycles. The molecule has 1 saturated carbocycles. The molecule has 31 heavy (non-hydrogen) atoms. The van der Waals surface area contributed by atoms with Crippen molar-refractivity contribution in [1.29, 1.82) is 0 Å². The minimum Gasteiger partial charge on any atom is -0.365 e. The molecule has 2 saturated heterocycles. The van der Waals surface area contributed by atoms with Gasteiger partial charge in [-0.05, 0) is 61.9 Å². The van der Waals surface area contributed by atoms with E-state index in [9.17, 15) is 9.18 Å². The molecule has 1 amide bonds. The van der Waals surface area contributed by atoms with Crippen molar-refractivity contribution in [3.05, 3.63) is 71.9 Å². The number of rotatable bonds is 4. The maximum atomic E-state index is 14.8. The van der Waals surface area contributed by atoms with E-state index in [-0.39, 0.29) is 29.4 Å². The number of fused-ring (bicyclic) bond motifs is 3. The van der Waals surface area contributed by atoms with E-state index in [0.717, 1.165) is 30.6 Å². The lowest BCUT2D eigenvalue weighted by molar-refractivity contribution is 0.0282. The standard InChI is InChI=1S/C24H24FN5O/c1-15-6-9-21(28-13-15)29-19-12-16-7-8-20(19)30(14-16)24(31)17-4-2-5-18(25)22(17)23-26-10-3-11-27-23/h2-6,9-11,13,16,19-20H,7-8,12,14H2,1H3,(H,28,29)/t16?,19-,20+/m1/s1. The van der Waals surface area contributed by atoms with Crippen molar-refractivity contribution in [2.45, 2.75) is 38.3 Å². The Morgan fingerprint density at radius 2 is 1.94 bits per heavy atom. The summed E-state index contributed by atoms with van der Waals surface area (Å²) in [6.07, 6.45) is 7.98. The maximum Gasteiger partial charge on any atom is 0.255 e. The number of piperidine rings is 2. The Balaban J connectivity index is 1.45. The molecule has 0 spiro atoms. The molecule has 2 aliphatic heterocycles. The number of nitrogens with zero attached hydrogens (tertiary/aromatic N) is 4. The Morgan fingerprint density at radius 1 is 1.10 bits per heavy atom. The van der Waals surface area contributed by atoms with Gasteiger partial charge in [0.15, 0.2) is 5.82 Å². The lowest BCUT2D eigenvalue weighted by Gasteiger charge is -2.50. The molecule has 1 N–H and O–H groups in total. The highest BCUT2D eigenvalue weighted by Crippen LogP contribution is 2.38. The largest absolute Gasteiger partial charge is 0.365 e. The number of aryl methyl sites for hydroxylation is 1. The van der Waals surface area contributed by atoms with E-state index in [0.29, 0.717) is 18.0 Å². The second-order valence-electron chi connectivity index (χ2n) is 8.41. The third-order valence-corrected chi connectivity index (χ3v) is 6.32. The number of amides is 1. The molecular weight excluding hydrogens is 393 g/mol. The van der Waals surface area contributed by atoms with Crippen LogP contribution in [0.25, 0.3) is 11.4 Å². The molecule has 3 atom stereocenters. The molecule has 1 aromatic carbocycles. The lowest BCUT2D eigenvalue weighted by Crippen LogP contribution is -2.59. The van der Waals surface area contributed by atoms with Crippen molar-refractivity contribution in [3.8, 4) is 11.4 Å². The summed E-state index contributed by atoms with van der Waals surface area (Å²) in [4.78, 5) is 28.4.